The van der Waals surface area contributed by atoms with E-state index >= 15 is 0 Å². The van der Waals surface area contributed by atoms with Crippen molar-refractivity contribution in [2.45, 2.75) is 19.9 Å². The van der Waals surface area contributed by atoms with Gasteiger partial charge in [0, 0.05) is 5.02 Å². The average molecular weight is 314 g/mol. The van der Waals surface area contributed by atoms with Crippen LogP contribution in [0.4, 0.5) is 13.2 Å². The summed E-state index contributed by atoms with van der Waals surface area (Å²) in [4.78, 5) is 0. The van der Waals surface area contributed by atoms with Crippen LogP contribution in [-0.4, -0.2) is 7.05 Å². The number of nitrogens with one attached hydrogen (secondary N) is 1. The zero-order valence-corrected chi connectivity index (χ0v) is 12.7. The molecule has 0 bridgehead atoms. The monoisotopic (exact) mass is 313 g/mol. The minimum Gasteiger partial charge on any atom is -0.309 e. The van der Waals surface area contributed by atoms with Crippen molar-refractivity contribution in [2.75, 3.05) is 7.05 Å². The van der Waals surface area contributed by atoms with Crippen LogP contribution in [0.3, 0.4) is 0 Å². The first-order valence-electron chi connectivity index (χ1n) is 6.43. The Morgan fingerprint density at radius 2 is 1.52 bits per heavy atom. The summed E-state index contributed by atoms with van der Waals surface area (Å²) in [7, 11) is 1.67. The van der Waals surface area contributed by atoms with Crippen molar-refractivity contribution in [3.63, 3.8) is 0 Å². The largest absolute Gasteiger partial charge is 0.309 e. The molecule has 0 aliphatic carbocycles. The molecule has 1 N–H and O–H groups in total. The molecular formula is C16H15ClF3N. The summed E-state index contributed by atoms with van der Waals surface area (Å²) >= 11 is 6.06. The maximum absolute atomic E-state index is 13.4. The van der Waals surface area contributed by atoms with Gasteiger partial charge < -0.3 is 5.32 Å². The van der Waals surface area contributed by atoms with Crippen molar-refractivity contribution >= 4 is 11.6 Å². The van der Waals surface area contributed by atoms with Crippen molar-refractivity contribution in [2.24, 2.45) is 0 Å². The molecule has 0 saturated heterocycles. The molecule has 5 heteroatoms. The van der Waals surface area contributed by atoms with Gasteiger partial charge in [-0.25, -0.2) is 13.2 Å². The molecule has 1 nitrogen and oxygen atoms in total. The Labute approximate surface area is 126 Å². The molecule has 0 aliphatic heterocycles. The fourth-order valence-corrected chi connectivity index (χ4v) is 2.58. The standard InChI is InChI=1S/C16H15ClF3N/c1-8-5-12(17)9(2)4-11(8)16(21-3)10-6-13(18)15(20)14(19)7-10/h4-7,16,21H,1-3H3. The Kier molecular flexibility index (Phi) is 4.59. The van der Waals surface area contributed by atoms with Gasteiger partial charge in [-0.15, -0.1) is 0 Å². The molecule has 0 amide bonds. The number of halogens is 4. The molecule has 1 unspecified atom stereocenters. The Morgan fingerprint density at radius 1 is 0.952 bits per heavy atom. The van der Waals surface area contributed by atoms with Gasteiger partial charge in [-0.05, 0) is 61.3 Å². The van der Waals surface area contributed by atoms with Gasteiger partial charge in [0.05, 0.1) is 6.04 Å². The van der Waals surface area contributed by atoms with Crippen molar-refractivity contribution in [1.29, 1.82) is 0 Å². The van der Waals surface area contributed by atoms with Crippen molar-refractivity contribution in [3.05, 3.63) is 69.0 Å². The van der Waals surface area contributed by atoms with E-state index in [1.807, 2.05) is 19.9 Å². The highest BCUT2D eigenvalue weighted by Crippen LogP contribution is 2.30. The minimum atomic E-state index is -1.46. The summed E-state index contributed by atoms with van der Waals surface area (Å²) in [6.07, 6.45) is 0. The topological polar surface area (TPSA) is 12.0 Å². The van der Waals surface area contributed by atoms with E-state index in [-0.39, 0.29) is 0 Å². The van der Waals surface area contributed by atoms with Crippen molar-refractivity contribution in [3.8, 4) is 0 Å². The maximum Gasteiger partial charge on any atom is 0.194 e. The van der Waals surface area contributed by atoms with Gasteiger partial charge in [-0.1, -0.05) is 17.7 Å². The fraction of sp³-hybridized carbons (Fsp3) is 0.250. The van der Waals surface area contributed by atoms with Crippen LogP contribution >= 0.6 is 11.6 Å². The van der Waals surface area contributed by atoms with Gasteiger partial charge in [-0.3, -0.25) is 0 Å². The molecule has 2 rings (SSSR count). The van der Waals surface area contributed by atoms with Crippen LogP contribution in [0, 0.1) is 31.3 Å². The van der Waals surface area contributed by atoms with Crippen LogP contribution in [0.15, 0.2) is 24.3 Å². The van der Waals surface area contributed by atoms with E-state index in [4.69, 9.17) is 11.6 Å². The quantitative estimate of drug-likeness (QED) is 0.811. The summed E-state index contributed by atoms with van der Waals surface area (Å²) in [5.74, 6) is -3.86. The molecule has 0 radical (unpaired) electrons. The fourth-order valence-electron chi connectivity index (χ4n) is 2.36. The summed E-state index contributed by atoms with van der Waals surface area (Å²) in [5.41, 5.74) is 2.90. The molecule has 1 atom stereocenters. The number of aryl methyl sites for hydroxylation is 2. The first-order chi connectivity index (χ1) is 9.85. The van der Waals surface area contributed by atoms with Gasteiger partial charge in [0.25, 0.3) is 0 Å². The molecule has 0 aromatic heterocycles. The van der Waals surface area contributed by atoms with E-state index in [0.29, 0.717) is 10.6 Å². The predicted molar refractivity (Wildman–Crippen MR) is 78.1 cm³/mol. The average Bonchev–Trinajstić information content (AvgIpc) is 2.42. The Morgan fingerprint density at radius 3 is 2.05 bits per heavy atom. The van der Waals surface area contributed by atoms with Gasteiger partial charge >= 0.3 is 0 Å². The van der Waals surface area contributed by atoms with Crippen LogP contribution in [0.1, 0.15) is 28.3 Å². The third kappa shape index (κ3) is 3.06. The van der Waals surface area contributed by atoms with Crippen LogP contribution in [0.25, 0.3) is 0 Å². The Hall–Kier alpha value is -1.52. The van der Waals surface area contributed by atoms with Gasteiger partial charge in [-0.2, -0.15) is 0 Å². The molecule has 0 aliphatic rings. The molecule has 0 saturated carbocycles. The lowest BCUT2D eigenvalue weighted by Gasteiger charge is -2.21. The molecule has 0 spiro atoms. The highest BCUT2D eigenvalue weighted by atomic mass is 35.5. The van der Waals surface area contributed by atoms with E-state index in [9.17, 15) is 13.2 Å². The molecule has 2 aromatic rings. The lowest BCUT2D eigenvalue weighted by molar-refractivity contribution is 0.443. The molecule has 0 fully saturated rings. The van der Waals surface area contributed by atoms with Crippen molar-refractivity contribution in [1.82, 2.24) is 5.32 Å². The van der Waals surface area contributed by atoms with Gasteiger partial charge in [0.15, 0.2) is 17.5 Å². The smallest absolute Gasteiger partial charge is 0.194 e. The molecule has 2 aromatic carbocycles. The summed E-state index contributed by atoms with van der Waals surface area (Å²) in [5, 5.41) is 3.62. The highest BCUT2D eigenvalue weighted by molar-refractivity contribution is 6.31. The van der Waals surface area contributed by atoms with Crippen LogP contribution in [-0.2, 0) is 0 Å². The molecule has 21 heavy (non-hydrogen) atoms. The highest BCUT2D eigenvalue weighted by Gasteiger charge is 2.19. The van der Waals surface area contributed by atoms with E-state index in [1.54, 1.807) is 13.1 Å². The number of benzene rings is 2. The Balaban J connectivity index is 2.57. The van der Waals surface area contributed by atoms with Crippen molar-refractivity contribution < 1.29 is 13.2 Å². The van der Waals surface area contributed by atoms with Crippen LogP contribution < -0.4 is 5.32 Å². The lowest BCUT2D eigenvalue weighted by Crippen LogP contribution is -2.19. The summed E-state index contributed by atoms with van der Waals surface area (Å²) in [6.45, 7) is 3.71. The second kappa shape index (κ2) is 6.08. The zero-order chi connectivity index (χ0) is 15.7. The number of hydrogen-bond acceptors (Lipinski definition) is 1. The van der Waals surface area contributed by atoms with E-state index < -0.39 is 23.5 Å². The minimum absolute atomic E-state index is 0.318. The zero-order valence-electron chi connectivity index (χ0n) is 11.9. The molecule has 0 heterocycles. The SMILES string of the molecule is CNC(c1cc(F)c(F)c(F)c1)c1cc(C)c(Cl)cc1C. The predicted octanol–water partition coefficient (Wildman–Crippen LogP) is 4.68. The van der Waals surface area contributed by atoms with E-state index in [2.05, 4.69) is 5.32 Å². The van der Waals surface area contributed by atoms with E-state index in [0.717, 1.165) is 28.8 Å². The summed E-state index contributed by atoms with van der Waals surface area (Å²) in [6, 6.07) is 5.21. The van der Waals surface area contributed by atoms with Gasteiger partial charge in [0.1, 0.15) is 0 Å². The number of hydrogen-bond donors (Lipinski definition) is 1. The molecular weight excluding hydrogens is 299 g/mol. The third-order valence-electron chi connectivity index (χ3n) is 3.49. The molecule has 112 valence electrons. The second-order valence-corrected chi connectivity index (χ2v) is 5.39. The maximum atomic E-state index is 13.4. The van der Waals surface area contributed by atoms with Crippen LogP contribution in [0.5, 0.6) is 0 Å². The van der Waals surface area contributed by atoms with E-state index in [1.165, 1.54) is 0 Å². The van der Waals surface area contributed by atoms with Gasteiger partial charge in [0.2, 0.25) is 0 Å². The number of rotatable bonds is 3. The summed E-state index contributed by atoms with van der Waals surface area (Å²) < 4.78 is 40.0. The lowest BCUT2D eigenvalue weighted by atomic mass is 9.93. The first kappa shape index (κ1) is 15.9. The second-order valence-electron chi connectivity index (χ2n) is 4.98. The Bertz CT molecular complexity index is 662. The third-order valence-corrected chi connectivity index (χ3v) is 3.89. The normalized spacial score (nSPS) is 12.5. The first-order valence-corrected chi connectivity index (χ1v) is 6.81. The van der Waals surface area contributed by atoms with Crippen LogP contribution in [0.2, 0.25) is 5.02 Å².